The van der Waals surface area contributed by atoms with Crippen molar-refractivity contribution in [3.63, 3.8) is 0 Å². The van der Waals surface area contributed by atoms with Gasteiger partial charge in [0.2, 0.25) is 0 Å². The maximum Gasteiger partial charge on any atom is 0.255 e. The highest BCUT2D eigenvalue weighted by atomic mass is 35.5. The molecule has 0 aliphatic heterocycles. The summed E-state index contributed by atoms with van der Waals surface area (Å²) in [5, 5.41) is 6.03. The third-order valence-electron chi connectivity index (χ3n) is 3.74. The number of benzene rings is 2. The summed E-state index contributed by atoms with van der Waals surface area (Å²) in [6, 6.07) is 10.7. The molecular formula is C20H19ClN2O3S. The van der Waals surface area contributed by atoms with E-state index in [-0.39, 0.29) is 5.91 Å². The molecule has 5 nitrogen and oxygen atoms in total. The minimum atomic E-state index is -0.284. The molecular weight excluding hydrogens is 384 g/mol. The Morgan fingerprint density at radius 3 is 2.85 bits per heavy atom. The largest absolute Gasteiger partial charge is 0.493 e. The Morgan fingerprint density at radius 1 is 1.30 bits per heavy atom. The number of hydrogen-bond donors (Lipinski definition) is 1. The Balaban J connectivity index is 1.82. The van der Waals surface area contributed by atoms with Gasteiger partial charge in [0, 0.05) is 28.4 Å². The van der Waals surface area contributed by atoms with Gasteiger partial charge >= 0.3 is 0 Å². The van der Waals surface area contributed by atoms with Crippen LogP contribution in [-0.2, 0) is 0 Å². The molecule has 0 aliphatic carbocycles. The second-order valence-corrected chi connectivity index (χ2v) is 7.01. The standard InChI is InChI=1S/C20H19ClN2O3S/c1-3-8-26-18-16(21)11-14(12-17(18)25-2)19(24)23-15-6-4-5-13(10-15)20-22-7-9-27-20/h4-7,9-12H,3,8H2,1-2H3,(H,23,24). The fraction of sp³-hybridized carbons (Fsp3) is 0.200. The lowest BCUT2D eigenvalue weighted by Gasteiger charge is -2.14. The van der Waals surface area contributed by atoms with Crippen molar-refractivity contribution in [2.75, 3.05) is 19.0 Å². The van der Waals surface area contributed by atoms with Crippen LogP contribution in [0.4, 0.5) is 5.69 Å². The molecule has 0 unspecified atom stereocenters. The summed E-state index contributed by atoms with van der Waals surface area (Å²) in [7, 11) is 1.52. The summed E-state index contributed by atoms with van der Waals surface area (Å²) < 4.78 is 11.0. The van der Waals surface area contributed by atoms with Crippen LogP contribution >= 0.6 is 22.9 Å². The van der Waals surface area contributed by atoms with E-state index in [2.05, 4.69) is 10.3 Å². The Labute approximate surface area is 166 Å². The van der Waals surface area contributed by atoms with E-state index in [1.54, 1.807) is 29.7 Å². The third kappa shape index (κ3) is 4.59. The van der Waals surface area contributed by atoms with Crippen LogP contribution in [0, 0.1) is 0 Å². The van der Waals surface area contributed by atoms with Crippen LogP contribution in [0.1, 0.15) is 23.7 Å². The van der Waals surface area contributed by atoms with Crippen molar-refractivity contribution in [1.82, 2.24) is 4.98 Å². The summed E-state index contributed by atoms with van der Waals surface area (Å²) in [4.78, 5) is 17.0. The van der Waals surface area contributed by atoms with Crippen molar-refractivity contribution in [1.29, 1.82) is 0 Å². The molecule has 0 spiro atoms. The van der Waals surface area contributed by atoms with Gasteiger partial charge in [0.1, 0.15) is 5.01 Å². The summed E-state index contributed by atoms with van der Waals surface area (Å²) in [5.41, 5.74) is 2.01. The summed E-state index contributed by atoms with van der Waals surface area (Å²) in [6.45, 7) is 2.52. The number of ether oxygens (including phenoxy) is 2. The summed E-state index contributed by atoms with van der Waals surface area (Å²) in [5.74, 6) is 0.592. The first-order chi connectivity index (χ1) is 13.1. The number of carbonyl (C=O) groups excluding carboxylic acids is 1. The molecule has 0 atom stereocenters. The van der Waals surface area contributed by atoms with Crippen LogP contribution in [0.25, 0.3) is 10.6 Å². The van der Waals surface area contributed by atoms with Gasteiger partial charge in [-0.25, -0.2) is 4.98 Å². The van der Waals surface area contributed by atoms with E-state index in [0.717, 1.165) is 17.0 Å². The highest BCUT2D eigenvalue weighted by Gasteiger charge is 2.16. The van der Waals surface area contributed by atoms with Crippen molar-refractivity contribution in [3.05, 3.63) is 58.6 Å². The average Bonchev–Trinajstić information content (AvgIpc) is 3.21. The van der Waals surface area contributed by atoms with Crippen molar-refractivity contribution in [2.45, 2.75) is 13.3 Å². The van der Waals surface area contributed by atoms with Crippen molar-refractivity contribution >= 4 is 34.5 Å². The van der Waals surface area contributed by atoms with Gasteiger partial charge < -0.3 is 14.8 Å². The predicted octanol–water partition coefficient (Wildman–Crippen LogP) is 5.51. The Kier molecular flexibility index (Phi) is 6.32. The highest BCUT2D eigenvalue weighted by Crippen LogP contribution is 2.36. The molecule has 3 rings (SSSR count). The molecule has 0 aliphatic rings. The molecule has 1 N–H and O–H groups in total. The van der Waals surface area contributed by atoms with Gasteiger partial charge in [0.15, 0.2) is 11.5 Å². The lowest BCUT2D eigenvalue weighted by molar-refractivity contribution is 0.102. The Hall–Kier alpha value is -2.57. The molecule has 1 heterocycles. The maximum absolute atomic E-state index is 12.7. The molecule has 2 aromatic carbocycles. The fourth-order valence-corrected chi connectivity index (χ4v) is 3.40. The van der Waals surface area contributed by atoms with E-state index < -0.39 is 0 Å². The molecule has 0 bridgehead atoms. The van der Waals surface area contributed by atoms with Crippen LogP contribution in [0.3, 0.4) is 0 Å². The van der Waals surface area contributed by atoms with Gasteiger partial charge in [-0.15, -0.1) is 11.3 Å². The van der Waals surface area contributed by atoms with E-state index in [0.29, 0.717) is 34.4 Å². The molecule has 0 radical (unpaired) electrons. The number of aromatic nitrogens is 1. The SMILES string of the molecule is CCCOc1c(Cl)cc(C(=O)Nc2cccc(-c3nccs3)c2)cc1OC. The Bertz CT molecular complexity index is 929. The average molecular weight is 403 g/mol. The number of carbonyl (C=O) groups is 1. The van der Waals surface area contributed by atoms with Crippen molar-refractivity contribution in [3.8, 4) is 22.1 Å². The minimum Gasteiger partial charge on any atom is -0.493 e. The van der Waals surface area contributed by atoms with Gasteiger partial charge in [-0.1, -0.05) is 30.7 Å². The number of rotatable bonds is 7. The molecule has 0 fully saturated rings. The molecule has 1 amide bonds. The lowest BCUT2D eigenvalue weighted by Crippen LogP contribution is -2.12. The number of hydrogen-bond acceptors (Lipinski definition) is 5. The zero-order valence-electron chi connectivity index (χ0n) is 15.0. The molecule has 27 heavy (non-hydrogen) atoms. The number of nitrogens with zero attached hydrogens (tertiary/aromatic N) is 1. The van der Waals surface area contributed by atoms with Gasteiger partial charge in [0.05, 0.1) is 18.7 Å². The van der Waals surface area contributed by atoms with E-state index in [9.17, 15) is 4.79 Å². The quantitative estimate of drug-likeness (QED) is 0.565. The number of nitrogens with one attached hydrogen (secondary N) is 1. The van der Waals surface area contributed by atoms with E-state index >= 15 is 0 Å². The van der Waals surface area contributed by atoms with Gasteiger partial charge in [-0.05, 0) is 30.7 Å². The fourth-order valence-electron chi connectivity index (χ4n) is 2.49. The molecule has 7 heteroatoms. The second kappa shape index (κ2) is 8.88. The van der Waals surface area contributed by atoms with Crippen LogP contribution in [0.5, 0.6) is 11.5 Å². The monoisotopic (exact) mass is 402 g/mol. The van der Waals surface area contributed by atoms with Crippen LogP contribution < -0.4 is 14.8 Å². The number of thiazole rings is 1. The van der Waals surface area contributed by atoms with E-state index in [4.69, 9.17) is 21.1 Å². The minimum absolute atomic E-state index is 0.284. The smallest absolute Gasteiger partial charge is 0.255 e. The van der Waals surface area contributed by atoms with Gasteiger partial charge in [-0.2, -0.15) is 0 Å². The molecule has 0 saturated carbocycles. The second-order valence-electron chi connectivity index (χ2n) is 5.71. The highest BCUT2D eigenvalue weighted by molar-refractivity contribution is 7.13. The zero-order valence-corrected chi connectivity index (χ0v) is 16.6. The molecule has 140 valence electrons. The first-order valence-electron chi connectivity index (χ1n) is 8.44. The molecule has 0 saturated heterocycles. The number of amides is 1. The van der Waals surface area contributed by atoms with Gasteiger partial charge in [-0.3, -0.25) is 4.79 Å². The van der Waals surface area contributed by atoms with Crippen LogP contribution in [0.2, 0.25) is 5.02 Å². The van der Waals surface area contributed by atoms with Crippen LogP contribution in [-0.4, -0.2) is 24.6 Å². The van der Waals surface area contributed by atoms with E-state index in [1.807, 2.05) is 36.6 Å². The topological polar surface area (TPSA) is 60.5 Å². The normalized spacial score (nSPS) is 10.5. The number of halogens is 1. The summed E-state index contributed by atoms with van der Waals surface area (Å²) >= 11 is 7.84. The third-order valence-corrected chi connectivity index (χ3v) is 4.84. The number of methoxy groups -OCH3 is 1. The predicted molar refractivity (Wildman–Crippen MR) is 109 cm³/mol. The van der Waals surface area contributed by atoms with Crippen molar-refractivity contribution < 1.29 is 14.3 Å². The first-order valence-corrected chi connectivity index (χ1v) is 9.69. The van der Waals surface area contributed by atoms with E-state index in [1.165, 1.54) is 7.11 Å². The first kappa shape index (κ1) is 19.2. The molecule has 1 aromatic heterocycles. The maximum atomic E-state index is 12.7. The summed E-state index contributed by atoms with van der Waals surface area (Å²) in [6.07, 6.45) is 2.60. The van der Waals surface area contributed by atoms with Gasteiger partial charge in [0.25, 0.3) is 5.91 Å². The van der Waals surface area contributed by atoms with Crippen LogP contribution in [0.15, 0.2) is 48.0 Å². The number of anilines is 1. The van der Waals surface area contributed by atoms with Crippen molar-refractivity contribution in [2.24, 2.45) is 0 Å². The zero-order chi connectivity index (χ0) is 19.2. The molecule has 3 aromatic rings. The lowest BCUT2D eigenvalue weighted by atomic mass is 10.1. The Morgan fingerprint density at radius 2 is 2.15 bits per heavy atom.